The zero-order chi connectivity index (χ0) is 20.5. The molecule has 148 valence electrons. The van der Waals surface area contributed by atoms with Crippen LogP contribution in [0, 0.1) is 0 Å². The van der Waals surface area contributed by atoms with Gasteiger partial charge >= 0.3 is 0 Å². The molecule has 0 radical (unpaired) electrons. The van der Waals surface area contributed by atoms with Crippen LogP contribution in [0.2, 0.25) is 0 Å². The third kappa shape index (κ3) is 5.87. The molecule has 1 N–H and O–H groups in total. The highest BCUT2D eigenvalue weighted by Gasteiger charge is 2.07. The molecule has 0 bridgehead atoms. The number of carbonyl (C=O) groups is 2. The van der Waals surface area contributed by atoms with Crippen LogP contribution in [0.15, 0.2) is 48.5 Å². The number of hydrogen-bond acceptors (Lipinski definition) is 4. The van der Waals surface area contributed by atoms with Gasteiger partial charge in [0.2, 0.25) is 5.91 Å². The van der Waals surface area contributed by atoms with E-state index >= 15 is 0 Å². The molecule has 2 aromatic rings. The van der Waals surface area contributed by atoms with Crippen LogP contribution in [0.4, 0.5) is 0 Å². The van der Waals surface area contributed by atoms with Crippen molar-refractivity contribution in [1.82, 2.24) is 10.2 Å². The van der Waals surface area contributed by atoms with Gasteiger partial charge in [0, 0.05) is 32.3 Å². The van der Waals surface area contributed by atoms with E-state index in [1.165, 1.54) is 11.0 Å². The van der Waals surface area contributed by atoms with E-state index in [-0.39, 0.29) is 11.8 Å². The maximum atomic E-state index is 12.1. The molecular formula is C22H26N2O4. The maximum absolute atomic E-state index is 12.1. The molecule has 0 atom stereocenters. The minimum absolute atomic E-state index is 0.0515. The van der Waals surface area contributed by atoms with Crippen LogP contribution < -0.4 is 14.8 Å². The SMILES string of the molecule is CCOc1cc(/C=C/C(=O)NCc2ccc(C(=O)N(C)C)cc2)ccc1OC. The second kappa shape index (κ2) is 10.2. The highest BCUT2D eigenvalue weighted by atomic mass is 16.5. The average molecular weight is 382 g/mol. The van der Waals surface area contributed by atoms with Gasteiger partial charge in [0.05, 0.1) is 13.7 Å². The number of hydrogen-bond donors (Lipinski definition) is 1. The third-order valence-electron chi connectivity index (χ3n) is 3.99. The van der Waals surface area contributed by atoms with Gasteiger partial charge in [0.1, 0.15) is 0 Å². The van der Waals surface area contributed by atoms with E-state index in [1.54, 1.807) is 45.5 Å². The van der Waals surface area contributed by atoms with E-state index in [2.05, 4.69) is 5.32 Å². The van der Waals surface area contributed by atoms with E-state index < -0.39 is 0 Å². The second-order valence-electron chi connectivity index (χ2n) is 6.29. The van der Waals surface area contributed by atoms with Gasteiger partial charge in [-0.2, -0.15) is 0 Å². The van der Waals surface area contributed by atoms with E-state index in [9.17, 15) is 9.59 Å². The lowest BCUT2D eigenvalue weighted by molar-refractivity contribution is -0.116. The number of methoxy groups -OCH3 is 1. The van der Waals surface area contributed by atoms with Gasteiger partial charge in [-0.3, -0.25) is 9.59 Å². The van der Waals surface area contributed by atoms with Crippen LogP contribution in [0.25, 0.3) is 6.08 Å². The van der Waals surface area contributed by atoms with Gasteiger partial charge < -0.3 is 19.7 Å². The molecule has 28 heavy (non-hydrogen) atoms. The molecule has 0 saturated carbocycles. The summed E-state index contributed by atoms with van der Waals surface area (Å²) in [6, 6.07) is 12.7. The Morgan fingerprint density at radius 1 is 1.07 bits per heavy atom. The fraction of sp³-hybridized carbons (Fsp3) is 0.273. The molecule has 0 aromatic heterocycles. The van der Waals surface area contributed by atoms with Gasteiger partial charge in [0.15, 0.2) is 11.5 Å². The smallest absolute Gasteiger partial charge is 0.253 e. The molecular weight excluding hydrogens is 356 g/mol. The standard InChI is InChI=1S/C22H26N2O4/c1-5-28-20-14-16(8-12-19(20)27-4)9-13-21(25)23-15-17-6-10-18(11-7-17)22(26)24(2)3/h6-14H,5,15H2,1-4H3,(H,23,25)/b13-9+. The Morgan fingerprint density at radius 2 is 1.79 bits per heavy atom. The Balaban J connectivity index is 1.93. The number of rotatable bonds is 8. The molecule has 0 aliphatic rings. The summed E-state index contributed by atoms with van der Waals surface area (Å²) < 4.78 is 10.8. The molecule has 0 aliphatic carbocycles. The Labute approximate surface area is 165 Å². The highest BCUT2D eigenvalue weighted by Crippen LogP contribution is 2.28. The molecule has 2 aromatic carbocycles. The summed E-state index contributed by atoms with van der Waals surface area (Å²) in [5, 5.41) is 2.83. The number of benzene rings is 2. The Bertz CT molecular complexity index is 842. The summed E-state index contributed by atoms with van der Waals surface area (Å²) in [5.74, 6) is 1.03. The first-order valence-corrected chi connectivity index (χ1v) is 9.02. The average Bonchev–Trinajstić information content (AvgIpc) is 2.71. The van der Waals surface area contributed by atoms with Gasteiger partial charge in [0.25, 0.3) is 5.91 Å². The summed E-state index contributed by atoms with van der Waals surface area (Å²) in [6.45, 7) is 2.81. The largest absolute Gasteiger partial charge is 0.493 e. The predicted octanol–water partition coefficient (Wildman–Crippen LogP) is 3.13. The van der Waals surface area contributed by atoms with E-state index in [4.69, 9.17) is 9.47 Å². The van der Waals surface area contributed by atoms with Gasteiger partial charge in [-0.05, 0) is 48.4 Å². The first-order chi connectivity index (χ1) is 13.4. The van der Waals surface area contributed by atoms with Crippen molar-refractivity contribution >= 4 is 17.9 Å². The zero-order valence-electron chi connectivity index (χ0n) is 16.7. The van der Waals surface area contributed by atoms with E-state index in [0.717, 1.165) is 11.1 Å². The topological polar surface area (TPSA) is 67.9 Å². The highest BCUT2D eigenvalue weighted by molar-refractivity contribution is 5.94. The lowest BCUT2D eigenvalue weighted by Crippen LogP contribution is -2.22. The van der Waals surface area contributed by atoms with Crippen molar-refractivity contribution in [3.05, 3.63) is 65.2 Å². The molecule has 0 saturated heterocycles. The number of amides is 2. The Morgan fingerprint density at radius 3 is 2.39 bits per heavy atom. The first-order valence-electron chi connectivity index (χ1n) is 9.02. The van der Waals surface area contributed by atoms with Crippen molar-refractivity contribution in [2.75, 3.05) is 27.8 Å². The van der Waals surface area contributed by atoms with Crippen molar-refractivity contribution in [1.29, 1.82) is 0 Å². The fourth-order valence-corrected chi connectivity index (χ4v) is 2.51. The van der Waals surface area contributed by atoms with Crippen LogP contribution in [0.1, 0.15) is 28.4 Å². The number of nitrogens with one attached hydrogen (secondary N) is 1. The van der Waals surface area contributed by atoms with Crippen LogP contribution in [0.3, 0.4) is 0 Å². The normalized spacial score (nSPS) is 10.6. The summed E-state index contributed by atoms with van der Waals surface area (Å²) >= 11 is 0. The summed E-state index contributed by atoms with van der Waals surface area (Å²) in [4.78, 5) is 25.5. The summed E-state index contributed by atoms with van der Waals surface area (Å²) in [6.07, 6.45) is 3.19. The number of ether oxygens (including phenoxy) is 2. The monoisotopic (exact) mass is 382 g/mol. The van der Waals surface area contributed by atoms with Crippen molar-refractivity contribution in [2.45, 2.75) is 13.5 Å². The molecule has 2 amide bonds. The Hall–Kier alpha value is -3.28. The van der Waals surface area contributed by atoms with Crippen molar-refractivity contribution in [2.24, 2.45) is 0 Å². The lowest BCUT2D eigenvalue weighted by Gasteiger charge is -2.10. The number of nitrogens with zero attached hydrogens (tertiary/aromatic N) is 1. The quantitative estimate of drug-likeness (QED) is 0.713. The van der Waals surface area contributed by atoms with E-state index in [0.29, 0.717) is 30.2 Å². The van der Waals surface area contributed by atoms with Crippen LogP contribution in [-0.2, 0) is 11.3 Å². The molecule has 0 heterocycles. The lowest BCUT2D eigenvalue weighted by atomic mass is 10.1. The molecule has 0 aliphatic heterocycles. The van der Waals surface area contributed by atoms with Gasteiger partial charge in [-0.15, -0.1) is 0 Å². The Kier molecular flexibility index (Phi) is 7.63. The molecule has 2 rings (SSSR count). The predicted molar refractivity (Wildman–Crippen MR) is 110 cm³/mol. The zero-order valence-corrected chi connectivity index (χ0v) is 16.7. The molecule has 0 spiro atoms. The first kappa shape index (κ1) is 21.0. The van der Waals surface area contributed by atoms with E-state index in [1.807, 2.05) is 31.2 Å². The molecule has 6 heteroatoms. The minimum atomic E-state index is -0.206. The summed E-state index contributed by atoms with van der Waals surface area (Å²) in [5.41, 5.74) is 2.37. The van der Waals surface area contributed by atoms with Crippen molar-refractivity contribution in [3.63, 3.8) is 0 Å². The fourth-order valence-electron chi connectivity index (χ4n) is 2.51. The summed E-state index contributed by atoms with van der Waals surface area (Å²) in [7, 11) is 5.01. The second-order valence-corrected chi connectivity index (χ2v) is 6.29. The molecule has 0 fully saturated rings. The van der Waals surface area contributed by atoms with Gasteiger partial charge in [-0.1, -0.05) is 18.2 Å². The van der Waals surface area contributed by atoms with Crippen molar-refractivity contribution in [3.8, 4) is 11.5 Å². The third-order valence-corrected chi connectivity index (χ3v) is 3.99. The minimum Gasteiger partial charge on any atom is -0.493 e. The molecule has 6 nitrogen and oxygen atoms in total. The number of carbonyl (C=O) groups excluding carboxylic acids is 2. The van der Waals surface area contributed by atoms with Crippen molar-refractivity contribution < 1.29 is 19.1 Å². The van der Waals surface area contributed by atoms with Gasteiger partial charge in [-0.25, -0.2) is 0 Å². The van der Waals surface area contributed by atoms with Crippen LogP contribution in [-0.4, -0.2) is 44.5 Å². The maximum Gasteiger partial charge on any atom is 0.253 e. The molecule has 0 unspecified atom stereocenters. The van der Waals surface area contributed by atoms with Crippen LogP contribution >= 0.6 is 0 Å². The van der Waals surface area contributed by atoms with Crippen LogP contribution in [0.5, 0.6) is 11.5 Å².